The van der Waals surface area contributed by atoms with Crippen LogP contribution in [0, 0.1) is 0 Å². The van der Waals surface area contributed by atoms with Gasteiger partial charge in [0.2, 0.25) is 0 Å². The van der Waals surface area contributed by atoms with Crippen LogP contribution >= 0.6 is 35.0 Å². The number of benzene rings is 1. The maximum Gasteiger partial charge on any atom is 0.142 e. The Morgan fingerprint density at radius 1 is 1.07 bits per heavy atom. The highest BCUT2D eigenvalue weighted by atomic mass is 35.5. The molecule has 0 N–H and O–H groups in total. The SMILES string of the molecule is COc1cc(OC)c(Cl)c(SC)c1Cl. The summed E-state index contributed by atoms with van der Waals surface area (Å²) < 4.78 is 10.2. The number of rotatable bonds is 3. The van der Waals surface area contributed by atoms with Gasteiger partial charge in [0.1, 0.15) is 11.5 Å². The Morgan fingerprint density at radius 2 is 1.50 bits per heavy atom. The van der Waals surface area contributed by atoms with Crippen molar-refractivity contribution >= 4 is 35.0 Å². The van der Waals surface area contributed by atoms with Crippen molar-refractivity contribution in [3.05, 3.63) is 16.1 Å². The summed E-state index contributed by atoms with van der Waals surface area (Å²) in [7, 11) is 3.11. The minimum Gasteiger partial charge on any atom is -0.495 e. The van der Waals surface area contributed by atoms with E-state index >= 15 is 0 Å². The third-order valence-corrected chi connectivity index (χ3v) is 3.53. The van der Waals surface area contributed by atoms with Crippen molar-refractivity contribution < 1.29 is 9.47 Å². The predicted molar refractivity (Wildman–Crippen MR) is 61.3 cm³/mol. The van der Waals surface area contributed by atoms with Crippen LogP contribution in [0.15, 0.2) is 11.0 Å². The van der Waals surface area contributed by atoms with Gasteiger partial charge in [0.15, 0.2) is 0 Å². The van der Waals surface area contributed by atoms with Crippen molar-refractivity contribution in [1.82, 2.24) is 0 Å². The molecule has 1 aromatic rings. The van der Waals surface area contributed by atoms with E-state index in [1.54, 1.807) is 20.3 Å². The van der Waals surface area contributed by atoms with Crippen LogP contribution in [0.3, 0.4) is 0 Å². The Hall–Kier alpha value is -0.250. The van der Waals surface area contributed by atoms with Gasteiger partial charge in [-0.05, 0) is 6.26 Å². The van der Waals surface area contributed by atoms with Gasteiger partial charge in [-0.2, -0.15) is 0 Å². The van der Waals surface area contributed by atoms with E-state index in [0.29, 0.717) is 21.5 Å². The summed E-state index contributed by atoms with van der Waals surface area (Å²) in [6, 6.07) is 1.67. The monoisotopic (exact) mass is 252 g/mol. The molecule has 0 fully saturated rings. The molecule has 0 unspecified atom stereocenters. The first-order valence-electron chi connectivity index (χ1n) is 3.79. The largest absolute Gasteiger partial charge is 0.495 e. The van der Waals surface area contributed by atoms with Crippen LogP contribution in [0.4, 0.5) is 0 Å². The topological polar surface area (TPSA) is 18.5 Å². The van der Waals surface area contributed by atoms with Crippen LogP contribution in [0.1, 0.15) is 0 Å². The third-order valence-electron chi connectivity index (χ3n) is 1.74. The fourth-order valence-corrected chi connectivity index (χ4v) is 2.57. The average molecular weight is 253 g/mol. The molecular formula is C9H10Cl2O2S. The second-order valence-electron chi connectivity index (χ2n) is 2.44. The number of thioether (sulfide) groups is 1. The van der Waals surface area contributed by atoms with Crippen LogP contribution in [0.5, 0.6) is 11.5 Å². The van der Waals surface area contributed by atoms with E-state index in [1.807, 2.05) is 6.26 Å². The molecule has 0 saturated carbocycles. The molecule has 0 radical (unpaired) electrons. The highest BCUT2D eigenvalue weighted by molar-refractivity contribution is 7.98. The molecule has 0 bridgehead atoms. The highest BCUT2D eigenvalue weighted by Crippen LogP contribution is 2.44. The van der Waals surface area contributed by atoms with E-state index in [2.05, 4.69) is 0 Å². The molecule has 0 saturated heterocycles. The Kier molecular flexibility index (Phi) is 4.23. The normalized spacial score (nSPS) is 10.1. The number of ether oxygens (including phenoxy) is 2. The fraction of sp³-hybridized carbons (Fsp3) is 0.333. The number of hydrogen-bond donors (Lipinski definition) is 0. The van der Waals surface area contributed by atoms with Crippen LogP contribution in [0.2, 0.25) is 10.0 Å². The quantitative estimate of drug-likeness (QED) is 0.764. The van der Waals surface area contributed by atoms with Gasteiger partial charge in [-0.25, -0.2) is 0 Å². The van der Waals surface area contributed by atoms with Crippen molar-refractivity contribution in [2.75, 3.05) is 20.5 Å². The zero-order valence-corrected chi connectivity index (χ0v) is 10.4. The van der Waals surface area contributed by atoms with Crippen molar-refractivity contribution in [3.63, 3.8) is 0 Å². The predicted octanol–water partition coefficient (Wildman–Crippen LogP) is 3.73. The van der Waals surface area contributed by atoms with E-state index in [0.717, 1.165) is 4.90 Å². The zero-order valence-electron chi connectivity index (χ0n) is 8.06. The van der Waals surface area contributed by atoms with Crippen LogP contribution < -0.4 is 9.47 Å². The van der Waals surface area contributed by atoms with Crippen molar-refractivity contribution in [3.8, 4) is 11.5 Å². The Balaban J connectivity index is 3.39. The molecule has 5 heteroatoms. The van der Waals surface area contributed by atoms with Crippen LogP contribution in [0.25, 0.3) is 0 Å². The van der Waals surface area contributed by atoms with E-state index in [-0.39, 0.29) is 0 Å². The van der Waals surface area contributed by atoms with E-state index in [1.165, 1.54) is 11.8 Å². The second-order valence-corrected chi connectivity index (χ2v) is 4.01. The van der Waals surface area contributed by atoms with Crippen molar-refractivity contribution in [2.24, 2.45) is 0 Å². The minimum absolute atomic E-state index is 0.519. The first-order chi connectivity index (χ1) is 6.65. The fourth-order valence-electron chi connectivity index (χ4n) is 1.04. The molecule has 1 aromatic carbocycles. The zero-order chi connectivity index (χ0) is 10.7. The smallest absolute Gasteiger partial charge is 0.142 e. The highest BCUT2D eigenvalue weighted by Gasteiger charge is 2.15. The van der Waals surface area contributed by atoms with Gasteiger partial charge in [0, 0.05) is 6.07 Å². The van der Waals surface area contributed by atoms with Gasteiger partial charge in [0.05, 0.1) is 29.2 Å². The summed E-state index contributed by atoms with van der Waals surface area (Å²) in [5, 5.41) is 1.04. The molecule has 0 spiro atoms. The molecule has 78 valence electrons. The van der Waals surface area contributed by atoms with E-state index in [4.69, 9.17) is 32.7 Å². The summed E-state index contributed by atoms with van der Waals surface area (Å²) in [5.74, 6) is 1.13. The number of hydrogen-bond acceptors (Lipinski definition) is 3. The molecule has 0 aromatic heterocycles. The molecule has 0 aliphatic rings. The lowest BCUT2D eigenvalue weighted by atomic mass is 10.3. The van der Waals surface area contributed by atoms with Crippen molar-refractivity contribution in [1.29, 1.82) is 0 Å². The summed E-state index contributed by atoms with van der Waals surface area (Å²) >= 11 is 13.6. The Bertz CT molecular complexity index is 314. The molecule has 0 amide bonds. The summed E-state index contributed by atoms with van der Waals surface area (Å²) in [6.07, 6.45) is 1.89. The molecule has 0 atom stereocenters. The molecule has 0 aliphatic heterocycles. The van der Waals surface area contributed by atoms with E-state index in [9.17, 15) is 0 Å². The van der Waals surface area contributed by atoms with Gasteiger partial charge >= 0.3 is 0 Å². The molecular weight excluding hydrogens is 243 g/mol. The lowest BCUT2D eigenvalue weighted by Gasteiger charge is -2.12. The molecule has 2 nitrogen and oxygen atoms in total. The second kappa shape index (κ2) is 5.01. The number of halogens is 2. The summed E-state index contributed by atoms with van der Waals surface area (Å²) in [4.78, 5) is 0.768. The Labute approximate surface area is 97.5 Å². The first-order valence-corrected chi connectivity index (χ1v) is 5.77. The van der Waals surface area contributed by atoms with E-state index < -0.39 is 0 Å². The lowest BCUT2D eigenvalue weighted by Crippen LogP contribution is -1.91. The van der Waals surface area contributed by atoms with Crippen LogP contribution in [-0.2, 0) is 0 Å². The maximum absolute atomic E-state index is 6.06. The maximum atomic E-state index is 6.06. The van der Waals surface area contributed by atoms with Gasteiger partial charge in [0.25, 0.3) is 0 Å². The van der Waals surface area contributed by atoms with Crippen LogP contribution in [-0.4, -0.2) is 20.5 Å². The van der Waals surface area contributed by atoms with Gasteiger partial charge < -0.3 is 9.47 Å². The Morgan fingerprint density at radius 3 is 1.79 bits per heavy atom. The minimum atomic E-state index is 0.519. The standard InChI is InChI=1S/C9H10Cl2O2S/c1-12-5-4-6(13-2)8(11)9(14-3)7(5)10/h4H,1-3H3. The van der Waals surface area contributed by atoms with Crippen molar-refractivity contribution in [2.45, 2.75) is 4.90 Å². The summed E-state index contributed by atoms with van der Waals surface area (Å²) in [6.45, 7) is 0. The first kappa shape index (κ1) is 11.8. The van der Waals surface area contributed by atoms with Gasteiger partial charge in [-0.1, -0.05) is 23.2 Å². The number of methoxy groups -OCH3 is 2. The molecule has 0 aliphatic carbocycles. The molecule has 0 heterocycles. The average Bonchev–Trinajstić information content (AvgIpc) is 2.19. The summed E-state index contributed by atoms with van der Waals surface area (Å²) in [5.41, 5.74) is 0. The molecule has 1 rings (SSSR count). The lowest BCUT2D eigenvalue weighted by molar-refractivity contribution is 0.393. The molecule has 14 heavy (non-hydrogen) atoms. The third kappa shape index (κ3) is 2.05. The van der Waals surface area contributed by atoms with Gasteiger partial charge in [-0.3, -0.25) is 0 Å². The van der Waals surface area contributed by atoms with Gasteiger partial charge in [-0.15, -0.1) is 11.8 Å².